The van der Waals surface area contributed by atoms with Crippen LogP contribution in [0.15, 0.2) is 11.6 Å². The van der Waals surface area contributed by atoms with Gasteiger partial charge in [-0.25, -0.2) is 0 Å². The first-order valence-electron chi connectivity index (χ1n) is 9.94. The molecule has 0 heterocycles. The molecule has 25 heavy (non-hydrogen) atoms. The normalized spacial score (nSPS) is 42.9. The van der Waals surface area contributed by atoms with Gasteiger partial charge in [-0.15, -0.1) is 0 Å². The van der Waals surface area contributed by atoms with Crippen LogP contribution in [0.2, 0.25) is 0 Å². The molecule has 0 aliphatic heterocycles. The molecule has 0 spiro atoms. The lowest BCUT2D eigenvalue weighted by Crippen LogP contribution is -2.51. The monoisotopic (exact) mass is 408 g/mol. The zero-order valence-corrected chi connectivity index (χ0v) is 16.8. The van der Waals surface area contributed by atoms with Crippen LogP contribution in [0.4, 0.5) is 0 Å². The molecule has 0 N–H and O–H groups in total. The minimum atomic E-state index is -0.131. The van der Waals surface area contributed by atoms with Crippen molar-refractivity contribution in [1.29, 1.82) is 0 Å². The Morgan fingerprint density at radius 3 is 2.84 bits per heavy atom. The summed E-state index contributed by atoms with van der Waals surface area (Å²) in [7, 11) is 0. The van der Waals surface area contributed by atoms with E-state index in [1.165, 1.54) is 44.1 Å². The van der Waals surface area contributed by atoms with Gasteiger partial charge in [0.1, 0.15) is 5.33 Å². The molecule has 0 aromatic heterocycles. The van der Waals surface area contributed by atoms with Gasteiger partial charge >= 0.3 is 5.97 Å². The van der Waals surface area contributed by atoms with E-state index in [9.17, 15) is 9.59 Å². The molecule has 4 aliphatic carbocycles. The van der Waals surface area contributed by atoms with E-state index in [0.29, 0.717) is 29.6 Å². The van der Waals surface area contributed by atoms with E-state index in [4.69, 9.17) is 4.74 Å². The number of ether oxygens (including phenoxy) is 1. The Kier molecular flexibility index (Phi) is 4.62. The number of fused-ring (bicyclic) bond motifs is 5. The molecule has 3 saturated carbocycles. The highest BCUT2D eigenvalue weighted by atomic mass is 79.9. The molecule has 0 aromatic carbocycles. The number of allylic oxidation sites excluding steroid dienone is 1. The molecule has 4 aliphatic rings. The summed E-state index contributed by atoms with van der Waals surface area (Å²) in [4.78, 5) is 23.6. The highest BCUT2D eigenvalue weighted by molar-refractivity contribution is 9.09. The Bertz CT molecular complexity index is 612. The smallest absolute Gasteiger partial charge is 0.316 e. The summed E-state index contributed by atoms with van der Waals surface area (Å²) < 4.78 is 5.62. The van der Waals surface area contributed by atoms with Crippen molar-refractivity contribution < 1.29 is 14.3 Å². The first-order chi connectivity index (χ1) is 12.0. The minimum Gasteiger partial charge on any atom is -0.464 e. The Morgan fingerprint density at radius 1 is 1.20 bits per heavy atom. The van der Waals surface area contributed by atoms with Gasteiger partial charge in [0.05, 0.1) is 6.61 Å². The average Bonchev–Trinajstić information content (AvgIpc) is 3.04. The van der Waals surface area contributed by atoms with Crippen molar-refractivity contribution in [3.05, 3.63) is 11.6 Å². The summed E-state index contributed by atoms with van der Waals surface area (Å²) in [6.45, 7) is 3.04. The predicted molar refractivity (Wildman–Crippen MR) is 100 cm³/mol. The van der Waals surface area contributed by atoms with Crippen molar-refractivity contribution in [1.82, 2.24) is 0 Å². The van der Waals surface area contributed by atoms with Gasteiger partial charge in [-0.3, -0.25) is 9.59 Å². The predicted octanol–water partition coefficient (Wildman–Crippen LogP) is 4.83. The minimum absolute atomic E-state index is 0.131. The lowest BCUT2D eigenvalue weighted by Gasteiger charge is -2.57. The average molecular weight is 409 g/mol. The van der Waals surface area contributed by atoms with Crippen molar-refractivity contribution in [3.8, 4) is 0 Å². The number of halogens is 1. The van der Waals surface area contributed by atoms with E-state index >= 15 is 0 Å². The molecule has 5 atom stereocenters. The van der Waals surface area contributed by atoms with Crippen LogP contribution in [0, 0.1) is 28.6 Å². The first-order valence-corrected chi connectivity index (χ1v) is 11.1. The van der Waals surface area contributed by atoms with Crippen molar-refractivity contribution >= 4 is 27.7 Å². The Labute approximate surface area is 159 Å². The summed E-state index contributed by atoms with van der Waals surface area (Å²) in [5, 5.41) is 0.292. The molecule has 3 fully saturated rings. The molecule has 3 nitrogen and oxygen atoms in total. The second kappa shape index (κ2) is 6.51. The fourth-order valence-electron chi connectivity index (χ4n) is 6.87. The molecular weight excluding hydrogens is 380 g/mol. The SMILES string of the molecule is C[C@]12CCC(=O)C=C1CC[C@H]1[C@@H]3CCC[C@@]3(COC(=O)CBr)CC[C@@H]12. The van der Waals surface area contributed by atoms with Gasteiger partial charge in [0, 0.05) is 11.8 Å². The number of hydrogen-bond donors (Lipinski definition) is 0. The van der Waals surface area contributed by atoms with Gasteiger partial charge in [-0.2, -0.15) is 0 Å². The molecule has 0 unspecified atom stereocenters. The van der Waals surface area contributed by atoms with Gasteiger partial charge in [-0.05, 0) is 74.2 Å². The summed E-state index contributed by atoms with van der Waals surface area (Å²) in [6.07, 6.45) is 12.3. The third kappa shape index (κ3) is 2.83. The van der Waals surface area contributed by atoms with E-state index in [-0.39, 0.29) is 16.8 Å². The molecule has 4 rings (SSSR count). The zero-order chi connectivity index (χ0) is 17.7. The third-order valence-corrected chi connectivity index (χ3v) is 8.58. The fraction of sp³-hybridized carbons (Fsp3) is 0.810. The zero-order valence-electron chi connectivity index (χ0n) is 15.2. The van der Waals surface area contributed by atoms with E-state index in [0.717, 1.165) is 25.2 Å². The largest absolute Gasteiger partial charge is 0.464 e. The maximum Gasteiger partial charge on any atom is 0.316 e. The van der Waals surface area contributed by atoms with Crippen LogP contribution >= 0.6 is 15.9 Å². The number of hydrogen-bond acceptors (Lipinski definition) is 3. The van der Waals surface area contributed by atoms with Crippen molar-refractivity contribution in [2.24, 2.45) is 28.6 Å². The number of alkyl halides is 1. The van der Waals surface area contributed by atoms with Crippen LogP contribution in [0.1, 0.15) is 64.7 Å². The van der Waals surface area contributed by atoms with E-state index in [1.807, 2.05) is 6.08 Å². The number of carbonyl (C=O) groups excluding carboxylic acids is 2. The maximum atomic E-state index is 11.9. The maximum absolute atomic E-state index is 11.9. The Morgan fingerprint density at radius 2 is 2.04 bits per heavy atom. The molecule has 138 valence electrons. The van der Waals surface area contributed by atoms with Gasteiger partial charge in [0.15, 0.2) is 5.78 Å². The van der Waals surface area contributed by atoms with E-state index < -0.39 is 0 Å². The topological polar surface area (TPSA) is 43.4 Å². The lowest BCUT2D eigenvalue weighted by atomic mass is 9.47. The highest BCUT2D eigenvalue weighted by Gasteiger charge is 2.58. The highest BCUT2D eigenvalue weighted by Crippen LogP contribution is 2.65. The second-order valence-corrected chi connectivity index (χ2v) is 9.62. The van der Waals surface area contributed by atoms with Crippen LogP contribution in [-0.4, -0.2) is 23.7 Å². The van der Waals surface area contributed by atoms with Gasteiger partial charge < -0.3 is 4.74 Å². The van der Waals surface area contributed by atoms with Crippen molar-refractivity contribution in [2.45, 2.75) is 64.7 Å². The summed E-state index contributed by atoms with van der Waals surface area (Å²) >= 11 is 3.21. The number of carbonyl (C=O) groups is 2. The number of rotatable bonds is 3. The van der Waals surface area contributed by atoms with Crippen LogP contribution in [0.3, 0.4) is 0 Å². The molecule has 0 radical (unpaired) electrons. The number of ketones is 1. The molecular formula is C21H29BrO3. The fourth-order valence-corrected chi connectivity index (χ4v) is 7.03. The summed E-state index contributed by atoms with van der Waals surface area (Å²) in [5.74, 6) is 2.36. The van der Waals surface area contributed by atoms with Crippen LogP contribution in [-0.2, 0) is 14.3 Å². The molecule has 0 aromatic rings. The molecule has 0 bridgehead atoms. The number of esters is 1. The van der Waals surface area contributed by atoms with Crippen LogP contribution in [0.5, 0.6) is 0 Å². The Balaban J connectivity index is 1.57. The van der Waals surface area contributed by atoms with Gasteiger partial charge in [0.25, 0.3) is 0 Å². The molecule has 4 heteroatoms. The summed E-state index contributed by atoms with van der Waals surface area (Å²) in [6, 6.07) is 0. The third-order valence-electron chi connectivity index (χ3n) is 8.12. The van der Waals surface area contributed by atoms with Gasteiger partial charge in [-0.1, -0.05) is 34.8 Å². The van der Waals surface area contributed by atoms with Gasteiger partial charge in [0.2, 0.25) is 0 Å². The molecule has 0 saturated heterocycles. The first kappa shape index (κ1) is 17.8. The summed E-state index contributed by atoms with van der Waals surface area (Å²) in [5.41, 5.74) is 1.89. The van der Waals surface area contributed by atoms with Crippen molar-refractivity contribution in [3.63, 3.8) is 0 Å². The lowest BCUT2D eigenvalue weighted by molar-refractivity contribution is -0.149. The van der Waals surface area contributed by atoms with Crippen LogP contribution in [0.25, 0.3) is 0 Å². The van der Waals surface area contributed by atoms with Crippen molar-refractivity contribution in [2.75, 3.05) is 11.9 Å². The Hall–Kier alpha value is -0.640. The quantitative estimate of drug-likeness (QED) is 0.496. The van der Waals surface area contributed by atoms with Crippen LogP contribution < -0.4 is 0 Å². The van der Waals surface area contributed by atoms with E-state index in [1.54, 1.807) is 0 Å². The van der Waals surface area contributed by atoms with E-state index in [2.05, 4.69) is 22.9 Å². The molecule has 0 amide bonds. The second-order valence-electron chi connectivity index (χ2n) is 9.06. The standard InChI is InChI=1S/C21H29BrO3/c1-20-9-6-15(23)11-14(20)4-5-16-17(20)7-10-21(8-2-3-18(16)21)13-25-19(24)12-22/h11,16-18H,2-10,12-13H2,1H3/t16-,17+,18+,20+,21+/m1/s1.